The molecule has 0 atom stereocenters. The van der Waals surface area contributed by atoms with Crippen LogP contribution in [0.5, 0.6) is 0 Å². The summed E-state index contributed by atoms with van der Waals surface area (Å²) in [6, 6.07) is 0. The van der Waals surface area contributed by atoms with Gasteiger partial charge in [0.2, 0.25) is 0 Å². The lowest BCUT2D eigenvalue weighted by Gasteiger charge is -2.18. The second kappa shape index (κ2) is 11.7. The first-order chi connectivity index (χ1) is 9.11. The van der Waals surface area contributed by atoms with E-state index in [-0.39, 0.29) is 5.97 Å². The Morgan fingerprint density at radius 3 is 2.63 bits per heavy atom. The summed E-state index contributed by atoms with van der Waals surface area (Å²) in [5.41, 5.74) is 0.449. The van der Waals surface area contributed by atoms with Crippen LogP contribution in [0.2, 0.25) is 0 Å². The lowest BCUT2D eigenvalue weighted by atomic mass is 10.2. The number of nitrogens with zero attached hydrogens (tertiary/aromatic N) is 1. The van der Waals surface area contributed by atoms with Gasteiger partial charge in [-0.15, -0.1) is 6.58 Å². The molecule has 0 fully saturated rings. The lowest BCUT2D eigenvalue weighted by Crippen LogP contribution is -2.28. The zero-order valence-corrected chi connectivity index (χ0v) is 12.4. The predicted molar refractivity (Wildman–Crippen MR) is 81.1 cm³/mol. The number of ether oxygens (including phenoxy) is 1. The maximum Gasteiger partial charge on any atom is 0.333 e. The van der Waals surface area contributed by atoms with Gasteiger partial charge in [-0.3, -0.25) is 4.90 Å². The average Bonchev–Trinajstić information content (AvgIpc) is 2.40. The molecule has 0 aromatic carbocycles. The number of hydrogen-bond acceptors (Lipinski definition) is 3. The Labute approximate surface area is 117 Å². The SMILES string of the molecule is C=CCCC/C=C\CN(CC)CCOC(=O)C(=C)C. The Morgan fingerprint density at radius 2 is 2.05 bits per heavy atom. The van der Waals surface area contributed by atoms with Crippen molar-refractivity contribution in [2.45, 2.75) is 33.1 Å². The van der Waals surface area contributed by atoms with E-state index in [1.54, 1.807) is 6.92 Å². The molecule has 3 heteroatoms. The summed E-state index contributed by atoms with van der Waals surface area (Å²) in [6.45, 7) is 14.0. The van der Waals surface area contributed by atoms with Crippen LogP contribution < -0.4 is 0 Å². The first-order valence-corrected chi connectivity index (χ1v) is 6.92. The second-order valence-corrected chi connectivity index (χ2v) is 4.50. The summed E-state index contributed by atoms with van der Waals surface area (Å²) in [6.07, 6.45) is 9.64. The summed E-state index contributed by atoms with van der Waals surface area (Å²) in [7, 11) is 0. The zero-order chi connectivity index (χ0) is 14.5. The zero-order valence-electron chi connectivity index (χ0n) is 12.4. The van der Waals surface area contributed by atoms with Gasteiger partial charge in [0.1, 0.15) is 6.61 Å². The summed E-state index contributed by atoms with van der Waals surface area (Å²) >= 11 is 0. The van der Waals surface area contributed by atoms with Crippen molar-refractivity contribution in [3.05, 3.63) is 37.0 Å². The second-order valence-electron chi connectivity index (χ2n) is 4.50. The first-order valence-electron chi connectivity index (χ1n) is 6.92. The van der Waals surface area contributed by atoms with Crippen LogP contribution in [-0.2, 0) is 9.53 Å². The molecule has 19 heavy (non-hydrogen) atoms. The molecule has 3 nitrogen and oxygen atoms in total. The van der Waals surface area contributed by atoms with Crippen molar-refractivity contribution in [2.24, 2.45) is 0 Å². The van der Waals surface area contributed by atoms with Gasteiger partial charge in [-0.05, 0) is 32.7 Å². The number of carbonyl (C=O) groups is 1. The van der Waals surface area contributed by atoms with Crippen molar-refractivity contribution in [1.29, 1.82) is 0 Å². The molecule has 0 amide bonds. The van der Waals surface area contributed by atoms with Crippen molar-refractivity contribution >= 4 is 5.97 Å². The molecule has 0 radical (unpaired) electrons. The predicted octanol–water partition coefficient (Wildman–Crippen LogP) is 3.34. The van der Waals surface area contributed by atoms with Gasteiger partial charge in [0.15, 0.2) is 0 Å². The van der Waals surface area contributed by atoms with E-state index in [1.165, 1.54) is 0 Å². The number of hydrogen-bond donors (Lipinski definition) is 0. The van der Waals surface area contributed by atoms with Gasteiger partial charge in [0, 0.05) is 18.7 Å². The van der Waals surface area contributed by atoms with E-state index in [0.29, 0.717) is 12.2 Å². The Hall–Kier alpha value is -1.35. The minimum Gasteiger partial charge on any atom is -0.461 e. The molecule has 0 aromatic rings. The molecule has 0 bridgehead atoms. The van der Waals surface area contributed by atoms with E-state index >= 15 is 0 Å². The average molecular weight is 265 g/mol. The fourth-order valence-electron chi connectivity index (χ4n) is 1.49. The van der Waals surface area contributed by atoms with Crippen LogP contribution in [0.15, 0.2) is 37.0 Å². The van der Waals surface area contributed by atoms with Crippen LogP contribution in [0.3, 0.4) is 0 Å². The Bertz CT molecular complexity index is 308. The van der Waals surface area contributed by atoms with Gasteiger partial charge < -0.3 is 4.74 Å². The Morgan fingerprint density at radius 1 is 1.32 bits per heavy atom. The van der Waals surface area contributed by atoms with Crippen molar-refractivity contribution in [3.63, 3.8) is 0 Å². The molecule has 0 rings (SSSR count). The quantitative estimate of drug-likeness (QED) is 0.248. The maximum absolute atomic E-state index is 11.2. The fraction of sp³-hybridized carbons (Fsp3) is 0.562. The van der Waals surface area contributed by atoms with E-state index in [4.69, 9.17) is 4.74 Å². The largest absolute Gasteiger partial charge is 0.461 e. The number of allylic oxidation sites excluding steroid dienone is 2. The minimum absolute atomic E-state index is 0.309. The van der Waals surface area contributed by atoms with E-state index in [2.05, 4.69) is 37.1 Å². The van der Waals surface area contributed by atoms with Crippen LogP contribution in [0.4, 0.5) is 0 Å². The lowest BCUT2D eigenvalue weighted by molar-refractivity contribution is -0.139. The number of carbonyl (C=O) groups excluding carboxylic acids is 1. The highest BCUT2D eigenvalue weighted by atomic mass is 16.5. The maximum atomic E-state index is 11.2. The van der Waals surface area contributed by atoms with Crippen LogP contribution in [0.1, 0.15) is 33.1 Å². The summed E-state index contributed by atoms with van der Waals surface area (Å²) in [4.78, 5) is 13.4. The summed E-state index contributed by atoms with van der Waals surface area (Å²) < 4.78 is 5.08. The minimum atomic E-state index is -0.309. The summed E-state index contributed by atoms with van der Waals surface area (Å²) in [5.74, 6) is -0.309. The van der Waals surface area contributed by atoms with Gasteiger partial charge in [0.25, 0.3) is 0 Å². The van der Waals surface area contributed by atoms with Crippen molar-refractivity contribution in [3.8, 4) is 0 Å². The Kier molecular flexibility index (Phi) is 10.9. The van der Waals surface area contributed by atoms with Crippen molar-refractivity contribution in [2.75, 3.05) is 26.2 Å². The van der Waals surface area contributed by atoms with Gasteiger partial charge in [-0.2, -0.15) is 0 Å². The number of likely N-dealkylation sites (N-methyl/N-ethyl adjacent to an activating group) is 1. The number of esters is 1. The molecule has 0 spiro atoms. The van der Waals surface area contributed by atoms with Crippen LogP contribution in [0.25, 0.3) is 0 Å². The first kappa shape index (κ1) is 17.6. The third-order valence-corrected chi connectivity index (χ3v) is 2.75. The molecule has 0 aromatic heterocycles. The van der Waals surface area contributed by atoms with E-state index in [9.17, 15) is 4.79 Å². The number of rotatable bonds is 11. The molecule has 0 unspecified atom stereocenters. The third-order valence-electron chi connectivity index (χ3n) is 2.75. The number of unbranched alkanes of at least 4 members (excludes halogenated alkanes) is 2. The highest BCUT2D eigenvalue weighted by Crippen LogP contribution is 1.98. The standard InChI is InChI=1S/C16H27NO2/c1-5-7-8-9-10-11-12-17(6-2)13-14-19-16(18)15(3)4/h5,10-11H,1,3,6-9,12-14H2,2,4H3/b11-10-. The monoisotopic (exact) mass is 265 g/mol. The highest BCUT2D eigenvalue weighted by molar-refractivity contribution is 5.86. The molecular formula is C16H27NO2. The molecular weight excluding hydrogens is 238 g/mol. The smallest absolute Gasteiger partial charge is 0.333 e. The fourth-order valence-corrected chi connectivity index (χ4v) is 1.49. The van der Waals surface area contributed by atoms with Gasteiger partial charge >= 0.3 is 5.97 Å². The van der Waals surface area contributed by atoms with Crippen molar-refractivity contribution in [1.82, 2.24) is 4.90 Å². The summed E-state index contributed by atoms with van der Waals surface area (Å²) in [5, 5.41) is 0. The van der Waals surface area contributed by atoms with Gasteiger partial charge in [-0.1, -0.05) is 31.7 Å². The van der Waals surface area contributed by atoms with E-state index in [0.717, 1.165) is 38.9 Å². The molecule has 0 aliphatic heterocycles. The molecule has 0 N–H and O–H groups in total. The van der Waals surface area contributed by atoms with Crippen LogP contribution >= 0.6 is 0 Å². The third kappa shape index (κ3) is 10.3. The molecule has 0 heterocycles. The van der Waals surface area contributed by atoms with E-state index < -0.39 is 0 Å². The van der Waals surface area contributed by atoms with E-state index in [1.807, 2.05) is 6.08 Å². The molecule has 0 saturated carbocycles. The molecule has 0 saturated heterocycles. The Balaban J connectivity index is 3.73. The highest BCUT2D eigenvalue weighted by Gasteiger charge is 2.04. The van der Waals surface area contributed by atoms with Crippen molar-refractivity contribution < 1.29 is 9.53 Å². The van der Waals surface area contributed by atoms with Crippen LogP contribution in [0, 0.1) is 0 Å². The molecule has 0 aliphatic rings. The normalized spacial score (nSPS) is 10.9. The molecule has 0 aliphatic carbocycles. The van der Waals surface area contributed by atoms with Crippen LogP contribution in [-0.4, -0.2) is 37.1 Å². The topological polar surface area (TPSA) is 29.5 Å². The molecule has 108 valence electrons. The van der Waals surface area contributed by atoms with Gasteiger partial charge in [0.05, 0.1) is 0 Å². The van der Waals surface area contributed by atoms with Gasteiger partial charge in [-0.25, -0.2) is 4.79 Å².